The van der Waals surface area contributed by atoms with Crippen LogP contribution in [0.5, 0.6) is 5.88 Å². The van der Waals surface area contributed by atoms with Crippen molar-refractivity contribution in [1.29, 1.82) is 0 Å². The van der Waals surface area contributed by atoms with Crippen LogP contribution in [0, 0.1) is 11.8 Å². The van der Waals surface area contributed by atoms with Gasteiger partial charge in [0.15, 0.2) is 0 Å². The fraction of sp³-hybridized carbons (Fsp3) is 0.643. The molecular formula is C14H21ClN2O. The van der Waals surface area contributed by atoms with Crippen LogP contribution < -0.4 is 10.5 Å². The Morgan fingerprint density at radius 2 is 2.17 bits per heavy atom. The summed E-state index contributed by atoms with van der Waals surface area (Å²) in [6.07, 6.45) is 5.30. The molecule has 0 spiro atoms. The minimum Gasteiger partial charge on any atom is -0.473 e. The summed E-state index contributed by atoms with van der Waals surface area (Å²) in [4.78, 5) is 4.22. The molecular weight excluding hydrogens is 248 g/mol. The summed E-state index contributed by atoms with van der Waals surface area (Å²) in [6, 6.07) is 1.83. The normalized spacial score (nSPS) is 28.1. The highest BCUT2D eigenvalue weighted by molar-refractivity contribution is 6.32. The Labute approximate surface area is 114 Å². The Morgan fingerprint density at radius 1 is 1.39 bits per heavy atom. The molecule has 0 aliphatic heterocycles. The van der Waals surface area contributed by atoms with Gasteiger partial charge in [0.1, 0.15) is 11.1 Å². The van der Waals surface area contributed by atoms with E-state index >= 15 is 0 Å². The molecule has 100 valence electrons. The predicted octanol–water partition coefficient (Wildman–Crippen LogP) is 3.40. The molecule has 1 aliphatic rings. The fourth-order valence-electron chi connectivity index (χ4n) is 2.46. The molecule has 0 saturated heterocycles. The number of hydrogen-bond acceptors (Lipinski definition) is 3. The summed E-state index contributed by atoms with van der Waals surface area (Å²) in [5.41, 5.74) is 6.51. The summed E-state index contributed by atoms with van der Waals surface area (Å²) in [7, 11) is 0. The number of nitrogens with zero attached hydrogens (tertiary/aromatic N) is 1. The molecule has 0 aromatic carbocycles. The Kier molecular flexibility index (Phi) is 4.46. The lowest BCUT2D eigenvalue weighted by molar-refractivity contribution is 0.0965. The second-order valence-electron chi connectivity index (χ2n) is 5.30. The van der Waals surface area contributed by atoms with Gasteiger partial charge in [0.25, 0.3) is 0 Å². The summed E-state index contributed by atoms with van der Waals surface area (Å²) in [5, 5.41) is 0.561. The first-order valence-electron chi connectivity index (χ1n) is 6.62. The Balaban J connectivity index is 2.06. The molecule has 3 nitrogen and oxygen atoms in total. The molecule has 1 fully saturated rings. The Morgan fingerprint density at radius 3 is 2.83 bits per heavy atom. The first-order valence-corrected chi connectivity index (χ1v) is 6.99. The number of rotatable bonds is 3. The van der Waals surface area contributed by atoms with Crippen LogP contribution in [-0.4, -0.2) is 11.1 Å². The minimum atomic E-state index is 0.231. The molecule has 1 aromatic heterocycles. The smallest absolute Gasteiger partial charge is 0.233 e. The van der Waals surface area contributed by atoms with Crippen molar-refractivity contribution in [2.45, 2.75) is 45.8 Å². The van der Waals surface area contributed by atoms with E-state index in [2.05, 4.69) is 18.8 Å². The van der Waals surface area contributed by atoms with Crippen LogP contribution in [0.2, 0.25) is 5.02 Å². The third-order valence-corrected chi connectivity index (χ3v) is 4.39. The van der Waals surface area contributed by atoms with Gasteiger partial charge in [0.05, 0.1) is 0 Å². The van der Waals surface area contributed by atoms with Crippen molar-refractivity contribution < 1.29 is 4.74 Å². The summed E-state index contributed by atoms with van der Waals surface area (Å²) in [5.74, 6) is 2.01. The van der Waals surface area contributed by atoms with Gasteiger partial charge < -0.3 is 10.5 Å². The molecule has 1 heterocycles. The van der Waals surface area contributed by atoms with Crippen LogP contribution in [0.15, 0.2) is 12.3 Å². The van der Waals surface area contributed by atoms with Crippen molar-refractivity contribution in [2.75, 3.05) is 0 Å². The van der Waals surface area contributed by atoms with Crippen molar-refractivity contribution in [3.05, 3.63) is 22.8 Å². The van der Waals surface area contributed by atoms with Crippen molar-refractivity contribution in [1.82, 2.24) is 4.98 Å². The molecule has 0 amide bonds. The maximum atomic E-state index is 6.23. The van der Waals surface area contributed by atoms with Crippen LogP contribution >= 0.6 is 11.6 Å². The van der Waals surface area contributed by atoms with E-state index in [0.717, 1.165) is 24.3 Å². The lowest BCUT2D eigenvalue weighted by Gasteiger charge is -2.32. The van der Waals surface area contributed by atoms with E-state index in [1.807, 2.05) is 6.07 Å². The number of halogens is 1. The summed E-state index contributed by atoms with van der Waals surface area (Å²) in [6.45, 7) is 5.00. The van der Waals surface area contributed by atoms with Crippen molar-refractivity contribution in [2.24, 2.45) is 17.6 Å². The highest BCUT2D eigenvalue weighted by Gasteiger charge is 2.26. The molecule has 0 radical (unpaired) electrons. The number of aromatic nitrogens is 1. The number of pyridine rings is 1. The standard InChI is InChI=1S/C14H21ClN2O/c1-9-3-4-12(7-10(9)2)18-14-13(15)11(8-16)5-6-17-14/h5-6,9-10,12H,3-4,7-8,16H2,1-2H3. The van der Waals surface area contributed by atoms with E-state index in [9.17, 15) is 0 Å². The SMILES string of the molecule is CC1CCC(Oc2nccc(CN)c2Cl)CC1C. The first-order chi connectivity index (χ1) is 8.61. The van der Waals surface area contributed by atoms with Crippen LogP contribution in [-0.2, 0) is 6.54 Å². The predicted molar refractivity (Wildman–Crippen MR) is 73.7 cm³/mol. The molecule has 0 bridgehead atoms. The van der Waals surface area contributed by atoms with Crippen LogP contribution in [0.1, 0.15) is 38.7 Å². The maximum absolute atomic E-state index is 6.23. The molecule has 2 N–H and O–H groups in total. The Hall–Kier alpha value is -0.800. The molecule has 1 saturated carbocycles. The van der Waals surface area contributed by atoms with Crippen molar-refractivity contribution in [3.8, 4) is 5.88 Å². The third-order valence-electron chi connectivity index (χ3n) is 3.99. The number of nitrogens with two attached hydrogens (primary N) is 1. The highest BCUT2D eigenvalue weighted by atomic mass is 35.5. The fourth-order valence-corrected chi connectivity index (χ4v) is 2.70. The molecule has 2 rings (SSSR count). The second kappa shape index (κ2) is 5.89. The van der Waals surface area contributed by atoms with Crippen LogP contribution in [0.25, 0.3) is 0 Å². The number of hydrogen-bond donors (Lipinski definition) is 1. The van der Waals surface area contributed by atoms with E-state index in [1.54, 1.807) is 6.20 Å². The first kappa shape index (κ1) is 13.6. The molecule has 1 aliphatic carbocycles. The minimum absolute atomic E-state index is 0.231. The topological polar surface area (TPSA) is 48.1 Å². The van der Waals surface area contributed by atoms with E-state index in [-0.39, 0.29) is 6.10 Å². The molecule has 3 unspecified atom stereocenters. The summed E-state index contributed by atoms with van der Waals surface area (Å²) >= 11 is 6.23. The van der Waals surface area contributed by atoms with E-state index < -0.39 is 0 Å². The average molecular weight is 269 g/mol. The van der Waals surface area contributed by atoms with Gasteiger partial charge in [0.2, 0.25) is 5.88 Å². The zero-order chi connectivity index (χ0) is 13.1. The molecule has 18 heavy (non-hydrogen) atoms. The van der Waals surface area contributed by atoms with Gasteiger partial charge in [-0.15, -0.1) is 0 Å². The van der Waals surface area contributed by atoms with Gasteiger partial charge in [-0.2, -0.15) is 0 Å². The Bertz CT molecular complexity index is 411. The molecule has 1 aromatic rings. The summed E-state index contributed by atoms with van der Waals surface area (Å²) < 4.78 is 5.95. The van der Waals surface area contributed by atoms with Gasteiger partial charge in [-0.1, -0.05) is 25.4 Å². The van der Waals surface area contributed by atoms with Crippen LogP contribution in [0.3, 0.4) is 0 Å². The van der Waals surface area contributed by atoms with Gasteiger partial charge in [-0.25, -0.2) is 4.98 Å². The van der Waals surface area contributed by atoms with E-state index in [4.69, 9.17) is 22.1 Å². The van der Waals surface area contributed by atoms with Crippen molar-refractivity contribution in [3.63, 3.8) is 0 Å². The van der Waals surface area contributed by atoms with E-state index in [0.29, 0.717) is 23.4 Å². The van der Waals surface area contributed by atoms with Gasteiger partial charge in [-0.3, -0.25) is 0 Å². The second-order valence-corrected chi connectivity index (χ2v) is 5.68. The molecule has 3 atom stereocenters. The van der Waals surface area contributed by atoms with E-state index in [1.165, 1.54) is 6.42 Å². The quantitative estimate of drug-likeness (QED) is 0.914. The average Bonchev–Trinajstić information content (AvgIpc) is 2.36. The van der Waals surface area contributed by atoms with Gasteiger partial charge in [-0.05, 0) is 42.7 Å². The zero-order valence-corrected chi connectivity index (χ0v) is 11.8. The van der Waals surface area contributed by atoms with Crippen molar-refractivity contribution >= 4 is 11.6 Å². The zero-order valence-electron chi connectivity index (χ0n) is 11.0. The molecule has 4 heteroatoms. The van der Waals surface area contributed by atoms with Gasteiger partial charge in [0, 0.05) is 12.7 Å². The highest BCUT2D eigenvalue weighted by Crippen LogP contribution is 2.33. The largest absolute Gasteiger partial charge is 0.473 e. The lowest BCUT2D eigenvalue weighted by atomic mass is 9.80. The number of ether oxygens (including phenoxy) is 1. The van der Waals surface area contributed by atoms with Gasteiger partial charge >= 0.3 is 0 Å². The third kappa shape index (κ3) is 2.96. The van der Waals surface area contributed by atoms with Crippen LogP contribution in [0.4, 0.5) is 0 Å². The monoisotopic (exact) mass is 268 g/mol. The lowest BCUT2D eigenvalue weighted by Crippen LogP contribution is -2.29. The maximum Gasteiger partial charge on any atom is 0.233 e.